The van der Waals surface area contributed by atoms with Crippen molar-refractivity contribution in [2.45, 2.75) is 4.90 Å². The van der Waals surface area contributed by atoms with Gasteiger partial charge >= 0.3 is 5.97 Å². The third-order valence-electron chi connectivity index (χ3n) is 2.33. The molecule has 0 atom stereocenters. The standard InChI is InChI=1S/C12H14BrClO6S/c1-18-4-5-19-6-7-20-12(15)10-8-9(21(14,16)17)2-3-11(10)13/h2-3,8H,4-7H2,1H3. The highest BCUT2D eigenvalue weighted by atomic mass is 79.9. The van der Waals surface area contributed by atoms with Crippen molar-refractivity contribution in [3.63, 3.8) is 0 Å². The van der Waals surface area contributed by atoms with Crippen LogP contribution in [0.5, 0.6) is 0 Å². The number of carbonyl (C=O) groups excluding carboxylic acids is 1. The van der Waals surface area contributed by atoms with Gasteiger partial charge in [0, 0.05) is 22.3 Å². The van der Waals surface area contributed by atoms with Gasteiger partial charge in [-0.15, -0.1) is 0 Å². The Morgan fingerprint density at radius 3 is 2.52 bits per heavy atom. The van der Waals surface area contributed by atoms with Crippen LogP contribution in [0.15, 0.2) is 27.6 Å². The molecule has 9 heteroatoms. The van der Waals surface area contributed by atoms with Crippen LogP contribution in [0.4, 0.5) is 0 Å². The Morgan fingerprint density at radius 2 is 1.90 bits per heavy atom. The maximum Gasteiger partial charge on any atom is 0.339 e. The van der Waals surface area contributed by atoms with Crippen molar-refractivity contribution in [3.8, 4) is 0 Å². The summed E-state index contributed by atoms with van der Waals surface area (Å²) in [5, 5.41) is 0. The first-order valence-electron chi connectivity index (χ1n) is 5.84. The SMILES string of the molecule is COCCOCCOC(=O)c1cc(S(=O)(=O)Cl)ccc1Br. The molecule has 1 aromatic carbocycles. The molecule has 1 rings (SSSR count). The Hall–Kier alpha value is -0.670. The third-order valence-corrected chi connectivity index (χ3v) is 4.37. The van der Waals surface area contributed by atoms with Crippen molar-refractivity contribution >= 4 is 41.6 Å². The third kappa shape index (κ3) is 6.31. The number of ether oxygens (including phenoxy) is 3. The lowest BCUT2D eigenvalue weighted by molar-refractivity contribution is 0.0213. The summed E-state index contributed by atoms with van der Waals surface area (Å²) in [4.78, 5) is 11.7. The smallest absolute Gasteiger partial charge is 0.339 e. The fraction of sp³-hybridized carbons (Fsp3) is 0.417. The molecule has 0 unspecified atom stereocenters. The summed E-state index contributed by atoms with van der Waals surface area (Å²) in [6.45, 7) is 1.12. The maximum absolute atomic E-state index is 11.9. The fourth-order valence-electron chi connectivity index (χ4n) is 1.33. The zero-order chi connectivity index (χ0) is 15.9. The molecule has 0 radical (unpaired) electrons. The minimum atomic E-state index is -3.91. The zero-order valence-corrected chi connectivity index (χ0v) is 14.3. The van der Waals surface area contributed by atoms with Crippen LogP contribution < -0.4 is 0 Å². The predicted molar refractivity (Wildman–Crippen MR) is 80.2 cm³/mol. The lowest BCUT2D eigenvalue weighted by Crippen LogP contribution is -2.13. The number of benzene rings is 1. The van der Waals surface area contributed by atoms with Crippen LogP contribution in [0.25, 0.3) is 0 Å². The second kappa shape index (κ2) is 8.70. The number of halogens is 2. The van der Waals surface area contributed by atoms with Crippen molar-refractivity contribution < 1.29 is 27.4 Å². The second-order valence-corrected chi connectivity index (χ2v) is 7.24. The molecular formula is C12H14BrClO6S. The molecule has 0 aromatic heterocycles. The first-order valence-corrected chi connectivity index (χ1v) is 8.94. The summed E-state index contributed by atoms with van der Waals surface area (Å²) in [5.41, 5.74) is 0.0774. The number of methoxy groups -OCH3 is 1. The Kier molecular flexibility index (Phi) is 7.61. The Balaban J connectivity index is 2.62. The molecule has 0 amide bonds. The van der Waals surface area contributed by atoms with E-state index in [9.17, 15) is 13.2 Å². The first kappa shape index (κ1) is 18.4. The van der Waals surface area contributed by atoms with E-state index in [0.29, 0.717) is 17.7 Å². The molecule has 0 bridgehead atoms. The fourth-order valence-corrected chi connectivity index (χ4v) is 2.51. The van der Waals surface area contributed by atoms with Crippen LogP contribution in [0.2, 0.25) is 0 Å². The molecular weight excluding hydrogens is 388 g/mol. The van der Waals surface area contributed by atoms with Crippen LogP contribution >= 0.6 is 26.6 Å². The summed E-state index contributed by atoms with van der Waals surface area (Å²) >= 11 is 3.15. The summed E-state index contributed by atoms with van der Waals surface area (Å²) in [6, 6.07) is 3.86. The van der Waals surface area contributed by atoms with Crippen LogP contribution in [0.1, 0.15) is 10.4 Å². The minimum Gasteiger partial charge on any atom is -0.460 e. The van der Waals surface area contributed by atoms with Gasteiger partial charge in [0.2, 0.25) is 0 Å². The van der Waals surface area contributed by atoms with Gasteiger partial charge in [0.05, 0.1) is 30.3 Å². The van der Waals surface area contributed by atoms with E-state index in [1.165, 1.54) is 12.1 Å². The van der Waals surface area contributed by atoms with Crippen molar-refractivity contribution in [3.05, 3.63) is 28.2 Å². The van der Waals surface area contributed by atoms with Gasteiger partial charge in [0.1, 0.15) is 6.61 Å². The number of esters is 1. The molecule has 0 saturated heterocycles. The van der Waals surface area contributed by atoms with Crippen LogP contribution in [-0.2, 0) is 23.3 Å². The molecule has 0 saturated carbocycles. The molecule has 21 heavy (non-hydrogen) atoms. The van der Waals surface area contributed by atoms with Crippen molar-refractivity contribution in [2.24, 2.45) is 0 Å². The van der Waals surface area contributed by atoms with Crippen LogP contribution in [0.3, 0.4) is 0 Å². The predicted octanol–water partition coefficient (Wildman–Crippen LogP) is 2.20. The molecule has 0 spiro atoms. The first-order chi connectivity index (χ1) is 9.86. The van der Waals surface area contributed by atoms with E-state index in [0.717, 1.165) is 6.07 Å². The number of rotatable bonds is 8. The Labute approximate surface area is 135 Å². The molecule has 1 aromatic rings. The van der Waals surface area contributed by atoms with Crippen molar-refractivity contribution in [1.29, 1.82) is 0 Å². The lowest BCUT2D eigenvalue weighted by atomic mass is 10.2. The molecule has 0 fully saturated rings. The average Bonchev–Trinajstić information content (AvgIpc) is 2.41. The van der Waals surface area contributed by atoms with Crippen LogP contribution in [0, 0.1) is 0 Å². The lowest BCUT2D eigenvalue weighted by Gasteiger charge is -2.08. The highest BCUT2D eigenvalue weighted by Gasteiger charge is 2.17. The number of hydrogen-bond donors (Lipinski definition) is 0. The van der Waals surface area contributed by atoms with Crippen molar-refractivity contribution in [1.82, 2.24) is 0 Å². The molecule has 118 valence electrons. The minimum absolute atomic E-state index is 0.0485. The Morgan fingerprint density at radius 1 is 1.24 bits per heavy atom. The summed E-state index contributed by atoms with van der Waals surface area (Å²) in [5.74, 6) is -0.667. The number of carbonyl (C=O) groups is 1. The highest BCUT2D eigenvalue weighted by Crippen LogP contribution is 2.23. The van der Waals surface area contributed by atoms with E-state index in [4.69, 9.17) is 24.9 Å². The average molecular weight is 402 g/mol. The van der Waals surface area contributed by atoms with Gasteiger partial charge in [-0.05, 0) is 34.1 Å². The zero-order valence-electron chi connectivity index (χ0n) is 11.2. The second-order valence-electron chi connectivity index (χ2n) is 3.82. The normalized spacial score (nSPS) is 11.4. The van der Waals surface area contributed by atoms with E-state index in [1.54, 1.807) is 7.11 Å². The molecule has 0 aliphatic carbocycles. The molecule has 0 heterocycles. The molecule has 6 nitrogen and oxygen atoms in total. The largest absolute Gasteiger partial charge is 0.460 e. The van der Waals surface area contributed by atoms with E-state index in [-0.39, 0.29) is 23.7 Å². The van der Waals surface area contributed by atoms with Gasteiger partial charge in [-0.25, -0.2) is 13.2 Å². The van der Waals surface area contributed by atoms with Gasteiger partial charge in [-0.1, -0.05) is 0 Å². The molecule has 0 aliphatic heterocycles. The van der Waals surface area contributed by atoms with Crippen LogP contribution in [-0.4, -0.2) is 47.9 Å². The molecule has 0 aliphatic rings. The number of hydrogen-bond acceptors (Lipinski definition) is 6. The van der Waals surface area contributed by atoms with Gasteiger partial charge < -0.3 is 14.2 Å². The van der Waals surface area contributed by atoms with Gasteiger partial charge in [-0.3, -0.25) is 0 Å². The quantitative estimate of drug-likeness (QED) is 0.377. The summed E-state index contributed by atoms with van der Waals surface area (Å²) < 4.78 is 37.8. The summed E-state index contributed by atoms with van der Waals surface area (Å²) in [7, 11) is 2.88. The van der Waals surface area contributed by atoms with Gasteiger partial charge in [0.15, 0.2) is 0 Å². The van der Waals surface area contributed by atoms with E-state index in [1.807, 2.05) is 0 Å². The monoisotopic (exact) mass is 400 g/mol. The Bertz CT molecular complexity index is 589. The van der Waals surface area contributed by atoms with E-state index >= 15 is 0 Å². The maximum atomic E-state index is 11.9. The molecule has 0 N–H and O–H groups in total. The van der Waals surface area contributed by atoms with Crippen molar-refractivity contribution in [2.75, 3.05) is 33.5 Å². The topological polar surface area (TPSA) is 78.9 Å². The van der Waals surface area contributed by atoms with Gasteiger partial charge in [-0.2, -0.15) is 0 Å². The van der Waals surface area contributed by atoms with E-state index in [2.05, 4.69) is 15.9 Å². The summed E-state index contributed by atoms with van der Waals surface area (Å²) in [6.07, 6.45) is 0. The van der Waals surface area contributed by atoms with E-state index < -0.39 is 15.0 Å². The van der Waals surface area contributed by atoms with Gasteiger partial charge in [0.25, 0.3) is 9.05 Å². The highest BCUT2D eigenvalue weighted by molar-refractivity contribution is 9.10.